The van der Waals surface area contributed by atoms with Crippen molar-refractivity contribution in [2.24, 2.45) is 5.73 Å². The molecule has 7 heteroatoms. The Hall–Kier alpha value is -1.50. The topological polar surface area (TPSA) is 85.1 Å². The van der Waals surface area contributed by atoms with Crippen LogP contribution >= 0.6 is 0 Å². The van der Waals surface area contributed by atoms with Crippen molar-refractivity contribution < 1.29 is 19.4 Å². The number of nitrogens with two attached hydrogens (primary N) is 1. The van der Waals surface area contributed by atoms with Gasteiger partial charge in [-0.25, -0.2) is 29.4 Å². The van der Waals surface area contributed by atoms with Gasteiger partial charge in [0.15, 0.2) is 0 Å². The molecule has 0 radical (unpaired) electrons. The number of rotatable bonds is 0. The first-order valence-electron chi connectivity index (χ1n) is 3.40. The van der Waals surface area contributed by atoms with Crippen LogP contribution in [0.15, 0.2) is 0 Å². The first-order chi connectivity index (χ1) is 5.68. The molecule has 0 aromatic carbocycles. The summed E-state index contributed by atoms with van der Waals surface area (Å²) in [5.74, 6) is 0. The molecule has 3 saturated heterocycles. The number of hydrazine groups is 1. The summed E-state index contributed by atoms with van der Waals surface area (Å²) in [5, 5.41) is 3.13. The van der Waals surface area contributed by atoms with E-state index in [0.717, 1.165) is 13.1 Å². The molecule has 12 heavy (non-hydrogen) atoms. The number of carbonyl (C=O) groups is 2. The molecule has 0 spiro atoms. The van der Waals surface area contributed by atoms with E-state index in [1.54, 1.807) is 5.01 Å². The van der Waals surface area contributed by atoms with Gasteiger partial charge < -0.3 is 5.73 Å². The van der Waals surface area contributed by atoms with Gasteiger partial charge in [0.05, 0.1) is 6.04 Å². The van der Waals surface area contributed by atoms with Crippen LogP contribution < -0.4 is 5.73 Å². The molecule has 2 N–H and O–H groups in total. The Labute approximate surface area is 67.5 Å². The minimum atomic E-state index is -1.13. The third-order valence-corrected chi connectivity index (χ3v) is 1.88. The van der Waals surface area contributed by atoms with Gasteiger partial charge in [-0.15, -0.1) is 0 Å². The lowest BCUT2D eigenvalue weighted by atomic mass is 10.0. The molecule has 3 fully saturated rings. The summed E-state index contributed by atoms with van der Waals surface area (Å²) in [6.07, 6.45) is -1.83. The molecule has 0 saturated carbocycles. The molecule has 0 aromatic heterocycles. The van der Waals surface area contributed by atoms with E-state index in [0.29, 0.717) is 0 Å². The Morgan fingerprint density at radius 3 is 2.25 bits per heavy atom. The summed E-state index contributed by atoms with van der Waals surface area (Å²) in [5.41, 5.74) is 4.58. The van der Waals surface area contributed by atoms with E-state index in [1.807, 2.05) is 0 Å². The second-order valence-electron chi connectivity index (χ2n) is 2.62. The van der Waals surface area contributed by atoms with Crippen LogP contribution in [0, 0.1) is 0 Å². The molecule has 7 nitrogen and oxygen atoms in total. The van der Waals surface area contributed by atoms with E-state index >= 15 is 0 Å². The van der Waals surface area contributed by atoms with Crippen LogP contribution in [0.4, 0.5) is 9.59 Å². The van der Waals surface area contributed by atoms with Crippen molar-refractivity contribution in [2.45, 2.75) is 6.04 Å². The zero-order valence-electron chi connectivity index (χ0n) is 6.10. The molecule has 0 aliphatic carbocycles. The van der Waals surface area contributed by atoms with Gasteiger partial charge in [0.2, 0.25) is 0 Å². The molecule has 3 aliphatic heterocycles. The molecule has 3 heterocycles. The number of carbonyl (C=O) groups excluding carboxylic acids is 2. The van der Waals surface area contributed by atoms with Gasteiger partial charge in [-0.3, -0.25) is 0 Å². The first-order valence-corrected chi connectivity index (χ1v) is 3.40. The van der Waals surface area contributed by atoms with Crippen LogP contribution in [0.5, 0.6) is 0 Å². The van der Waals surface area contributed by atoms with Crippen molar-refractivity contribution in [3.63, 3.8) is 0 Å². The maximum Gasteiger partial charge on any atom is 0.467 e. The second kappa shape index (κ2) is 2.24. The normalized spacial score (nSPS) is 29.8. The molecule has 2 amide bonds. The van der Waals surface area contributed by atoms with E-state index in [2.05, 4.69) is 15.5 Å². The number of primary amides is 1. The Balaban J connectivity index is 1.74. The maximum atomic E-state index is 10.9. The highest BCUT2D eigenvalue weighted by Gasteiger charge is 2.53. The zero-order valence-corrected chi connectivity index (χ0v) is 6.10. The third kappa shape index (κ3) is 0.866. The van der Waals surface area contributed by atoms with Crippen LogP contribution in [0.1, 0.15) is 0 Å². The molecule has 3 aliphatic rings. The molecular weight excluding hydrogens is 166 g/mol. The molecule has 0 atom stereocenters. The molecule has 66 valence electrons. The van der Waals surface area contributed by atoms with E-state index in [-0.39, 0.29) is 6.04 Å². The van der Waals surface area contributed by atoms with Crippen molar-refractivity contribution in [2.75, 3.05) is 13.1 Å². The van der Waals surface area contributed by atoms with Gasteiger partial charge in [-0.2, -0.15) is 0 Å². The van der Waals surface area contributed by atoms with Gasteiger partial charge in [0, 0.05) is 13.1 Å². The van der Waals surface area contributed by atoms with Gasteiger partial charge in [0.1, 0.15) is 0 Å². The molecule has 2 bridgehead atoms. The van der Waals surface area contributed by atoms with Crippen LogP contribution in [0.2, 0.25) is 0 Å². The largest absolute Gasteiger partial charge is 0.467 e. The van der Waals surface area contributed by atoms with E-state index in [1.165, 1.54) is 5.01 Å². The van der Waals surface area contributed by atoms with Crippen molar-refractivity contribution in [1.29, 1.82) is 0 Å². The van der Waals surface area contributed by atoms with E-state index in [4.69, 9.17) is 0 Å². The summed E-state index contributed by atoms with van der Waals surface area (Å²) in [6, 6.07) is 0.217. The lowest BCUT2D eigenvalue weighted by molar-refractivity contribution is -0.279. The summed E-state index contributed by atoms with van der Waals surface area (Å²) in [6.45, 7) is 1.73. The highest BCUT2D eigenvalue weighted by molar-refractivity contribution is 5.71. The van der Waals surface area contributed by atoms with Crippen molar-refractivity contribution >= 4 is 12.2 Å². The molecule has 3 rings (SSSR count). The Kier molecular flexibility index (Phi) is 1.34. The lowest BCUT2D eigenvalue weighted by Crippen LogP contribution is -2.81. The Morgan fingerprint density at radius 2 is 1.92 bits per heavy atom. The predicted octanol–water partition coefficient (Wildman–Crippen LogP) is -0.952. The summed E-state index contributed by atoms with van der Waals surface area (Å²) < 4.78 is 0. The predicted molar refractivity (Wildman–Crippen MR) is 34.3 cm³/mol. The SMILES string of the molecule is NC(=O)OOC(=O)N1C2CN1C2. The highest BCUT2D eigenvalue weighted by atomic mass is 17.2. The Morgan fingerprint density at radius 1 is 1.33 bits per heavy atom. The van der Waals surface area contributed by atoms with Crippen molar-refractivity contribution in [3.8, 4) is 0 Å². The maximum absolute atomic E-state index is 10.9. The molecule has 0 aromatic rings. The van der Waals surface area contributed by atoms with Crippen molar-refractivity contribution in [3.05, 3.63) is 0 Å². The summed E-state index contributed by atoms with van der Waals surface area (Å²) in [7, 11) is 0. The van der Waals surface area contributed by atoms with Gasteiger partial charge in [-0.1, -0.05) is 0 Å². The molecular formula is C5H7N3O4. The second-order valence-corrected chi connectivity index (χ2v) is 2.62. The van der Waals surface area contributed by atoms with Crippen LogP contribution in [0.3, 0.4) is 0 Å². The van der Waals surface area contributed by atoms with Crippen LogP contribution in [-0.2, 0) is 9.78 Å². The monoisotopic (exact) mass is 173 g/mol. The minimum absolute atomic E-state index is 0.217. The standard InChI is InChI=1S/C5H7N3O4/c6-4(9)11-12-5(10)8-3-1-7(8)2-3/h3H,1-2H2,(H2,6,9). The smallest absolute Gasteiger partial charge is 0.332 e. The highest BCUT2D eigenvalue weighted by Crippen LogP contribution is 2.31. The van der Waals surface area contributed by atoms with Gasteiger partial charge in [-0.05, 0) is 0 Å². The average molecular weight is 173 g/mol. The van der Waals surface area contributed by atoms with Crippen molar-refractivity contribution in [1.82, 2.24) is 10.0 Å². The number of amides is 2. The van der Waals surface area contributed by atoms with Gasteiger partial charge in [0.25, 0.3) is 0 Å². The number of hydrogen-bond donors (Lipinski definition) is 1. The first kappa shape index (κ1) is 7.17. The zero-order chi connectivity index (χ0) is 8.72. The molecule has 0 unspecified atom stereocenters. The minimum Gasteiger partial charge on any atom is -0.332 e. The Bertz CT molecular complexity index is 229. The fourth-order valence-corrected chi connectivity index (χ4v) is 1.18. The summed E-state index contributed by atoms with van der Waals surface area (Å²) >= 11 is 0. The quantitative estimate of drug-likeness (QED) is 0.377. The summed E-state index contributed by atoms with van der Waals surface area (Å²) in [4.78, 5) is 28.8. The van der Waals surface area contributed by atoms with E-state index in [9.17, 15) is 9.59 Å². The lowest BCUT2D eigenvalue weighted by Gasteiger charge is -2.61. The van der Waals surface area contributed by atoms with Crippen LogP contribution in [-0.4, -0.2) is 41.3 Å². The van der Waals surface area contributed by atoms with E-state index < -0.39 is 12.2 Å². The third-order valence-electron chi connectivity index (χ3n) is 1.88. The fourth-order valence-electron chi connectivity index (χ4n) is 1.18. The van der Waals surface area contributed by atoms with Gasteiger partial charge >= 0.3 is 12.2 Å². The van der Waals surface area contributed by atoms with Crippen LogP contribution in [0.25, 0.3) is 0 Å². The number of hydrogen-bond acceptors (Lipinski definition) is 5. The number of nitrogens with zero attached hydrogens (tertiary/aromatic N) is 2. The fraction of sp³-hybridized carbons (Fsp3) is 0.600. The average Bonchev–Trinajstić information content (AvgIpc) is 1.76.